The minimum absolute atomic E-state index is 0. The molecule has 0 aliphatic heterocycles. The lowest BCUT2D eigenvalue weighted by molar-refractivity contribution is 0.0916. The Labute approximate surface area is 154 Å². The van der Waals surface area contributed by atoms with Crippen LogP contribution in [-0.4, -0.2) is 23.7 Å². The van der Waals surface area contributed by atoms with Crippen LogP contribution in [0, 0.1) is 0 Å². The van der Waals surface area contributed by atoms with Crippen LogP contribution in [0.3, 0.4) is 0 Å². The first-order valence-corrected chi connectivity index (χ1v) is 8.01. The zero-order chi connectivity index (χ0) is 17.5. The molecule has 25 heavy (non-hydrogen) atoms. The second kappa shape index (κ2) is 10.0. The summed E-state index contributed by atoms with van der Waals surface area (Å²) in [5.41, 5.74) is 7.74. The Morgan fingerprint density at radius 3 is 2.48 bits per heavy atom. The number of aliphatic hydroxyl groups is 1. The van der Waals surface area contributed by atoms with Crippen LogP contribution in [0.1, 0.15) is 41.4 Å². The van der Waals surface area contributed by atoms with Crippen molar-refractivity contribution in [3.8, 4) is 5.75 Å². The van der Waals surface area contributed by atoms with E-state index in [9.17, 15) is 9.90 Å². The summed E-state index contributed by atoms with van der Waals surface area (Å²) in [7, 11) is 0. The standard InChI is InChI=1S/C19H24N2O3.ClH/c1-13(2)24-17-5-3-4-16(10-17)18(22)12-21-19(23)15-8-6-14(11-20)7-9-15;/h3-10,13,18,22H,11-12,20H2,1-2H3,(H,21,23);1H. The second-order valence-electron chi connectivity index (χ2n) is 5.87. The lowest BCUT2D eigenvalue weighted by Crippen LogP contribution is -2.28. The minimum atomic E-state index is -0.798. The normalized spacial score (nSPS) is 11.6. The number of halogens is 1. The van der Waals surface area contributed by atoms with E-state index in [1.54, 1.807) is 24.3 Å². The number of hydrogen-bond donors (Lipinski definition) is 3. The van der Waals surface area contributed by atoms with Crippen molar-refractivity contribution in [1.82, 2.24) is 5.32 Å². The number of rotatable bonds is 7. The third-order valence-corrected chi connectivity index (χ3v) is 3.52. The van der Waals surface area contributed by atoms with E-state index in [0.717, 1.165) is 5.56 Å². The van der Waals surface area contributed by atoms with Gasteiger partial charge in [0.1, 0.15) is 5.75 Å². The molecule has 0 heterocycles. The number of ether oxygens (including phenoxy) is 1. The van der Waals surface area contributed by atoms with Crippen LogP contribution in [0.5, 0.6) is 5.75 Å². The SMILES string of the molecule is CC(C)Oc1cccc(C(O)CNC(=O)c2ccc(CN)cc2)c1.Cl. The quantitative estimate of drug-likeness (QED) is 0.705. The first kappa shape index (κ1) is 21.0. The number of hydrogen-bond acceptors (Lipinski definition) is 4. The van der Waals surface area contributed by atoms with Crippen LogP contribution in [0.15, 0.2) is 48.5 Å². The van der Waals surface area contributed by atoms with E-state index in [1.165, 1.54) is 0 Å². The molecule has 6 heteroatoms. The number of carbonyl (C=O) groups excluding carboxylic acids is 1. The predicted octanol–water partition coefficient (Wildman–Crippen LogP) is 2.82. The fraction of sp³-hybridized carbons (Fsp3) is 0.316. The van der Waals surface area contributed by atoms with Gasteiger partial charge in [-0.3, -0.25) is 4.79 Å². The van der Waals surface area contributed by atoms with Gasteiger partial charge < -0.3 is 20.9 Å². The van der Waals surface area contributed by atoms with E-state index in [0.29, 0.717) is 23.4 Å². The van der Waals surface area contributed by atoms with Gasteiger partial charge in [0.15, 0.2) is 0 Å². The topological polar surface area (TPSA) is 84.6 Å². The largest absolute Gasteiger partial charge is 0.491 e. The van der Waals surface area contributed by atoms with Crippen LogP contribution in [0.2, 0.25) is 0 Å². The molecule has 2 rings (SSSR count). The summed E-state index contributed by atoms with van der Waals surface area (Å²) < 4.78 is 5.61. The summed E-state index contributed by atoms with van der Waals surface area (Å²) in [5, 5.41) is 13.0. The van der Waals surface area contributed by atoms with Crippen LogP contribution >= 0.6 is 12.4 Å². The summed E-state index contributed by atoms with van der Waals surface area (Å²) in [6.07, 6.45) is -0.735. The van der Waals surface area contributed by atoms with Crippen molar-refractivity contribution >= 4 is 18.3 Å². The lowest BCUT2D eigenvalue weighted by Gasteiger charge is -2.15. The fourth-order valence-electron chi connectivity index (χ4n) is 2.27. The van der Waals surface area contributed by atoms with Crippen molar-refractivity contribution in [3.63, 3.8) is 0 Å². The molecule has 136 valence electrons. The van der Waals surface area contributed by atoms with Gasteiger partial charge in [-0.05, 0) is 49.2 Å². The zero-order valence-corrected chi connectivity index (χ0v) is 15.3. The van der Waals surface area contributed by atoms with E-state index in [2.05, 4.69) is 5.32 Å². The molecule has 0 aliphatic carbocycles. The van der Waals surface area contributed by atoms with Crippen molar-refractivity contribution in [2.75, 3.05) is 6.54 Å². The van der Waals surface area contributed by atoms with Gasteiger partial charge in [0.2, 0.25) is 0 Å². The average Bonchev–Trinajstić information content (AvgIpc) is 2.59. The van der Waals surface area contributed by atoms with E-state index in [1.807, 2.05) is 38.1 Å². The number of aliphatic hydroxyl groups excluding tert-OH is 1. The molecule has 2 aromatic rings. The molecular weight excluding hydrogens is 340 g/mol. The molecular formula is C19H25ClN2O3. The summed E-state index contributed by atoms with van der Waals surface area (Å²) >= 11 is 0. The zero-order valence-electron chi connectivity index (χ0n) is 14.4. The van der Waals surface area contributed by atoms with Crippen LogP contribution in [-0.2, 0) is 6.54 Å². The molecule has 0 aliphatic rings. The molecule has 0 spiro atoms. The molecule has 0 bridgehead atoms. The van der Waals surface area contributed by atoms with Crippen molar-refractivity contribution in [1.29, 1.82) is 0 Å². The Morgan fingerprint density at radius 1 is 1.20 bits per heavy atom. The summed E-state index contributed by atoms with van der Waals surface area (Å²) in [6, 6.07) is 14.3. The molecule has 0 radical (unpaired) electrons. The van der Waals surface area contributed by atoms with E-state index < -0.39 is 6.10 Å². The average molecular weight is 365 g/mol. The molecule has 0 fully saturated rings. The molecule has 0 aromatic heterocycles. The van der Waals surface area contributed by atoms with Crippen LogP contribution in [0.25, 0.3) is 0 Å². The number of nitrogens with two attached hydrogens (primary N) is 1. The van der Waals surface area contributed by atoms with Crippen molar-refractivity contribution in [3.05, 3.63) is 65.2 Å². The summed E-state index contributed by atoms with van der Waals surface area (Å²) in [5.74, 6) is 0.470. The fourth-order valence-corrected chi connectivity index (χ4v) is 2.27. The van der Waals surface area contributed by atoms with Gasteiger partial charge in [-0.15, -0.1) is 12.4 Å². The van der Waals surface area contributed by atoms with Gasteiger partial charge in [-0.25, -0.2) is 0 Å². The summed E-state index contributed by atoms with van der Waals surface area (Å²) in [4.78, 5) is 12.1. The Bertz CT molecular complexity index is 675. The van der Waals surface area contributed by atoms with E-state index in [-0.39, 0.29) is 31.0 Å². The third kappa shape index (κ3) is 6.38. The highest BCUT2D eigenvalue weighted by molar-refractivity contribution is 5.94. The second-order valence-corrected chi connectivity index (χ2v) is 5.87. The highest BCUT2D eigenvalue weighted by Gasteiger charge is 2.12. The molecule has 2 aromatic carbocycles. The van der Waals surface area contributed by atoms with Gasteiger partial charge in [-0.2, -0.15) is 0 Å². The number of benzene rings is 2. The van der Waals surface area contributed by atoms with Gasteiger partial charge >= 0.3 is 0 Å². The molecule has 1 atom stereocenters. The van der Waals surface area contributed by atoms with E-state index >= 15 is 0 Å². The Kier molecular flexibility index (Phi) is 8.41. The Balaban J connectivity index is 0.00000312. The molecule has 0 saturated carbocycles. The predicted molar refractivity (Wildman–Crippen MR) is 101 cm³/mol. The molecule has 0 saturated heterocycles. The highest BCUT2D eigenvalue weighted by atomic mass is 35.5. The van der Waals surface area contributed by atoms with E-state index in [4.69, 9.17) is 10.5 Å². The Morgan fingerprint density at radius 2 is 1.88 bits per heavy atom. The molecule has 1 amide bonds. The third-order valence-electron chi connectivity index (χ3n) is 3.52. The van der Waals surface area contributed by atoms with Gasteiger partial charge in [0.05, 0.1) is 12.2 Å². The number of carbonyl (C=O) groups is 1. The molecule has 1 unspecified atom stereocenters. The first-order chi connectivity index (χ1) is 11.5. The van der Waals surface area contributed by atoms with Crippen molar-refractivity contribution in [2.24, 2.45) is 5.73 Å². The van der Waals surface area contributed by atoms with Gasteiger partial charge in [0, 0.05) is 18.7 Å². The Hall–Kier alpha value is -2.08. The number of nitrogens with one attached hydrogen (secondary N) is 1. The number of amides is 1. The first-order valence-electron chi connectivity index (χ1n) is 8.01. The van der Waals surface area contributed by atoms with Gasteiger partial charge in [0.25, 0.3) is 5.91 Å². The maximum atomic E-state index is 12.1. The maximum absolute atomic E-state index is 12.1. The van der Waals surface area contributed by atoms with Gasteiger partial charge in [-0.1, -0.05) is 24.3 Å². The maximum Gasteiger partial charge on any atom is 0.251 e. The van der Waals surface area contributed by atoms with Crippen molar-refractivity contribution in [2.45, 2.75) is 32.6 Å². The molecule has 5 nitrogen and oxygen atoms in total. The highest BCUT2D eigenvalue weighted by Crippen LogP contribution is 2.20. The van der Waals surface area contributed by atoms with Crippen molar-refractivity contribution < 1.29 is 14.6 Å². The van der Waals surface area contributed by atoms with Crippen LogP contribution in [0.4, 0.5) is 0 Å². The summed E-state index contributed by atoms with van der Waals surface area (Å²) in [6.45, 7) is 4.45. The van der Waals surface area contributed by atoms with Crippen LogP contribution < -0.4 is 15.8 Å². The minimum Gasteiger partial charge on any atom is -0.491 e. The monoisotopic (exact) mass is 364 g/mol. The smallest absolute Gasteiger partial charge is 0.251 e. The lowest BCUT2D eigenvalue weighted by atomic mass is 10.1. The molecule has 4 N–H and O–H groups in total.